The molecule has 0 aromatic carbocycles. The number of rotatable bonds is 5. The second-order valence-electron chi connectivity index (χ2n) is 5.00. The van der Waals surface area contributed by atoms with Crippen LogP contribution in [0.5, 0.6) is 0 Å². The van der Waals surface area contributed by atoms with E-state index in [1.807, 2.05) is 18.7 Å². The standard InChI is InChI=1S/C13H23NO2S/c1-2-16-13(15)12(10-7-8-17-9-10)14-11-5-3-4-6-11/h10-12,14H,2-9H2,1H3. The van der Waals surface area contributed by atoms with Crippen molar-refractivity contribution in [1.82, 2.24) is 5.32 Å². The Kier molecular flexibility index (Phi) is 5.16. The SMILES string of the molecule is CCOC(=O)C(NC1CCCC1)C1CCSC1. The van der Waals surface area contributed by atoms with Gasteiger partial charge in [0.2, 0.25) is 0 Å². The molecule has 4 heteroatoms. The number of ether oxygens (including phenoxy) is 1. The molecule has 2 fully saturated rings. The van der Waals surface area contributed by atoms with Gasteiger partial charge in [-0.3, -0.25) is 4.79 Å². The molecule has 17 heavy (non-hydrogen) atoms. The van der Waals surface area contributed by atoms with Crippen LogP contribution in [0.4, 0.5) is 0 Å². The molecular formula is C13H23NO2S. The predicted octanol–water partition coefficient (Wildman–Crippen LogP) is 2.20. The van der Waals surface area contributed by atoms with Gasteiger partial charge >= 0.3 is 5.97 Å². The van der Waals surface area contributed by atoms with E-state index in [1.165, 1.54) is 31.4 Å². The van der Waals surface area contributed by atoms with Crippen LogP contribution in [-0.2, 0) is 9.53 Å². The molecule has 0 radical (unpaired) electrons. The van der Waals surface area contributed by atoms with Crippen molar-refractivity contribution in [3.8, 4) is 0 Å². The maximum atomic E-state index is 12.0. The molecule has 2 aliphatic rings. The van der Waals surface area contributed by atoms with Crippen LogP contribution < -0.4 is 5.32 Å². The Morgan fingerprint density at radius 1 is 1.41 bits per heavy atom. The molecule has 2 unspecified atom stereocenters. The quantitative estimate of drug-likeness (QED) is 0.766. The van der Waals surface area contributed by atoms with Gasteiger partial charge in [-0.15, -0.1) is 0 Å². The van der Waals surface area contributed by atoms with E-state index in [-0.39, 0.29) is 12.0 Å². The fourth-order valence-electron chi connectivity index (χ4n) is 2.79. The summed E-state index contributed by atoms with van der Waals surface area (Å²) < 4.78 is 5.22. The highest BCUT2D eigenvalue weighted by Crippen LogP contribution is 2.28. The smallest absolute Gasteiger partial charge is 0.323 e. The number of hydrogen-bond acceptors (Lipinski definition) is 4. The highest BCUT2D eigenvalue weighted by atomic mass is 32.2. The Morgan fingerprint density at radius 2 is 2.18 bits per heavy atom. The zero-order chi connectivity index (χ0) is 12.1. The maximum absolute atomic E-state index is 12.0. The third-order valence-electron chi connectivity index (χ3n) is 3.75. The van der Waals surface area contributed by atoms with Crippen molar-refractivity contribution in [2.24, 2.45) is 5.92 Å². The fourth-order valence-corrected chi connectivity index (χ4v) is 4.09. The first-order valence-corrected chi connectivity index (χ1v) is 7.97. The number of nitrogens with one attached hydrogen (secondary N) is 1. The molecule has 0 spiro atoms. The molecule has 1 aliphatic heterocycles. The van der Waals surface area contributed by atoms with Crippen molar-refractivity contribution in [3.63, 3.8) is 0 Å². The summed E-state index contributed by atoms with van der Waals surface area (Å²) in [6, 6.07) is 0.475. The molecule has 98 valence electrons. The summed E-state index contributed by atoms with van der Waals surface area (Å²) >= 11 is 1.96. The number of carbonyl (C=O) groups excluding carboxylic acids is 1. The average Bonchev–Trinajstić information content (AvgIpc) is 2.99. The minimum Gasteiger partial charge on any atom is -0.465 e. The molecule has 1 saturated carbocycles. The van der Waals surface area contributed by atoms with Crippen molar-refractivity contribution in [1.29, 1.82) is 0 Å². The van der Waals surface area contributed by atoms with Crippen molar-refractivity contribution in [2.45, 2.75) is 51.1 Å². The molecule has 1 heterocycles. The Hall–Kier alpha value is -0.220. The number of carbonyl (C=O) groups is 1. The molecule has 0 aromatic heterocycles. The van der Waals surface area contributed by atoms with Gasteiger partial charge in [0.25, 0.3) is 0 Å². The molecule has 2 rings (SSSR count). The summed E-state index contributed by atoms with van der Waals surface area (Å²) in [5, 5.41) is 3.55. The minimum atomic E-state index is -0.0620. The van der Waals surface area contributed by atoms with E-state index in [0.717, 1.165) is 12.2 Å². The summed E-state index contributed by atoms with van der Waals surface area (Å²) in [6.45, 7) is 2.37. The van der Waals surface area contributed by atoms with Crippen LogP contribution in [-0.4, -0.2) is 36.2 Å². The molecular weight excluding hydrogens is 234 g/mol. The van der Waals surface area contributed by atoms with Gasteiger partial charge in [-0.1, -0.05) is 12.8 Å². The van der Waals surface area contributed by atoms with Crippen LogP contribution in [0, 0.1) is 5.92 Å². The Bertz CT molecular complexity index is 248. The Labute approximate surface area is 108 Å². The van der Waals surface area contributed by atoms with E-state index < -0.39 is 0 Å². The normalized spacial score (nSPS) is 27.2. The second-order valence-corrected chi connectivity index (χ2v) is 6.15. The third-order valence-corrected chi connectivity index (χ3v) is 4.94. The highest BCUT2D eigenvalue weighted by molar-refractivity contribution is 7.99. The van der Waals surface area contributed by atoms with Crippen LogP contribution in [0.15, 0.2) is 0 Å². The summed E-state index contributed by atoms with van der Waals surface area (Å²) in [6.07, 6.45) is 6.18. The van der Waals surface area contributed by atoms with Gasteiger partial charge in [0.15, 0.2) is 0 Å². The van der Waals surface area contributed by atoms with Gasteiger partial charge in [-0.2, -0.15) is 11.8 Å². The largest absolute Gasteiger partial charge is 0.465 e. The monoisotopic (exact) mass is 257 g/mol. The zero-order valence-corrected chi connectivity index (χ0v) is 11.4. The molecule has 3 nitrogen and oxygen atoms in total. The van der Waals surface area contributed by atoms with Gasteiger partial charge in [-0.05, 0) is 43.6 Å². The van der Waals surface area contributed by atoms with Crippen LogP contribution in [0.3, 0.4) is 0 Å². The molecule has 0 bridgehead atoms. The lowest BCUT2D eigenvalue weighted by Gasteiger charge is -2.25. The first-order valence-electron chi connectivity index (χ1n) is 6.81. The van der Waals surface area contributed by atoms with E-state index in [4.69, 9.17) is 4.74 Å². The summed E-state index contributed by atoms with van der Waals surface area (Å²) in [5.74, 6) is 2.72. The minimum absolute atomic E-state index is 0.0353. The van der Waals surface area contributed by atoms with Gasteiger partial charge in [0, 0.05) is 6.04 Å². The van der Waals surface area contributed by atoms with Crippen molar-refractivity contribution in [3.05, 3.63) is 0 Å². The summed E-state index contributed by atoms with van der Waals surface area (Å²) in [5.41, 5.74) is 0. The van der Waals surface area contributed by atoms with Crippen LogP contribution in [0.1, 0.15) is 39.0 Å². The zero-order valence-electron chi connectivity index (χ0n) is 10.6. The molecule has 0 aromatic rings. The highest BCUT2D eigenvalue weighted by Gasteiger charge is 2.34. The fraction of sp³-hybridized carbons (Fsp3) is 0.923. The summed E-state index contributed by atoms with van der Waals surface area (Å²) in [7, 11) is 0. The van der Waals surface area contributed by atoms with Crippen LogP contribution in [0.2, 0.25) is 0 Å². The Balaban J connectivity index is 1.92. The third kappa shape index (κ3) is 3.62. The lowest BCUT2D eigenvalue weighted by Crippen LogP contribution is -2.48. The van der Waals surface area contributed by atoms with Crippen molar-refractivity contribution < 1.29 is 9.53 Å². The molecule has 2 atom stereocenters. The molecule has 1 aliphatic carbocycles. The summed E-state index contributed by atoms with van der Waals surface area (Å²) in [4.78, 5) is 12.0. The number of hydrogen-bond donors (Lipinski definition) is 1. The van der Waals surface area contributed by atoms with Gasteiger partial charge in [0.1, 0.15) is 6.04 Å². The first-order chi connectivity index (χ1) is 8.31. The second kappa shape index (κ2) is 6.64. The van der Waals surface area contributed by atoms with Crippen LogP contribution >= 0.6 is 11.8 Å². The van der Waals surface area contributed by atoms with E-state index in [0.29, 0.717) is 18.6 Å². The van der Waals surface area contributed by atoms with E-state index >= 15 is 0 Å². The lowest BCUT2D eigenvalue weighted by atomic mass is 9.98. The van der Waals surface area contributed by atoms with E-state index in [9.17, 15) is 4.79 Å². The Morgan fingerprint density at radius 3 is 2.76 bits per heavy atom. The maximum Gasteiger partial charge on any atom is 0.323 e. The van der Waals surface area contributed by atoms with Gasteiger partial charge in [0.05, 0.1) is 6.61 Å². The van der Waals surface area contributed by atoms with Gasteiger partial charge < -0.3 is 10.1 Å². The van der Waals surface area contributed by atoms with Crippen molar-refractivity contribution in [2.75, 3.05) is 18.1 Å². The molecule has 0 amide bonds. The van der Waals surface area contributed by atoms with E-state index in [2.05, 4.69) is 5.32 Å². The van der Waals surface area contributed by atoms with Crippen LogP contribution in [0.25, 0.3) is 0 Å². The number of thioether (sulfide) groups is 1. The molecule has 1 N–H and O–H groups in total. The lowest BCUT2D eigenvalue weighted by molar-refractivity contribution is -0.147. The average molecular weight is 257 g/mol. The first kappa shape index (κ1) is 13.2. The molecule has 1 saturated heterocycles. The van der Waals surface area contributed by atoms with Crippen molar-refractivity contribution >= 4 is 17.7 Å². The number of esters is 1. The topological polar surface area (TPSA) is 38.3 Å². The van der Waals surface area contributed by atoms with E-state index in [1.54, 1.807) is 0 Å². The predicted molar refractivity (Wildman–Crippen MR) is 71.2 cm³/mol. The van der Waals surface area contributed by atoms with Gasteiger partial charge in [-0.25, -0.2) is 0 Å².